The van der Waals surface area contributed by atoms with Crippen LogP contribution < -0.4 is 10.1 Å². The van der Waals surface area contributed by atoms with Crippen molar-refractivity contribution in [1.29, 1.82) is 0 Å². The van der Waals surface area contributed by atoms with Gasteiger partial charge >= 0.3 is 0 Å². The monoisotopic (exact) mass is 432 g/mol. The zero-order valence-corrected chi connectivity index (χ0v) is 18.1. The molecule has 1 saturated heterocycles. The number of carbonyl (C=O) groups is 1. The molecule has 166 valence electrons. The van der Waals surface area contributed by atoms with Crippen molar-refractivity contribution in [3.63, 3.8) is 0 Å². The summed E-state index contributed by atoms with van der Waals surface area (Å²) in [4.78, 5) is 23.4. The van der Waals surface area contributed by atoms with Gasteiger partial charge in [-0.15, -0.1) is 0 Å². The average Bonchev–Trinajstić information content (AvgIpc) is 2.85. The molecule has 7 heteroatoms. The lowest BCUT2D eigenvalue weighted by molar-refractivity contribution is -0.120. The van der Waals surface area contributed by atoms with Gasteiger partial charge in [0, 0.05) is 44.1 Å². The van der Waals surface area contributed by atoms with Gasteiger partial charge < -0.3 is 14.8 Å². The number of nitrogens with one attached hydrogen (secondary N) is 1. The maximum Gasteiger partial charge on any atom is 0.224 e. The summed E-state index contributed by atoms with van der Waals surface area (Å²) in [6.45, 7) is 5.58. The zero-order chi connectivity index (χ0) is 22.0. The Bertz CT molecular complexity index is 972. The Morgan fingerprint density at radius 3 is 2.41 bits per heavy atom. The van der Waals surface area contributed by atoms with Crippen molar-refractivity contribution in [3.8, 4) is 17.1 Å². The number of rotatable bonds is 9. The van der Waals surface area contributed by atoms with Gasteiger partial charge in [0.15, 0.2) is 5.82 Å². The lowest BCUT2D eigenvalue weighted by atomic mass is 10.2. The third-order valence-corrected chi connectivity index (χ3v) is 5.29. The third kappa shape index (κ3) is 6.60. The predicted octanol–water partition coefficient (Wildman–Crippen LogP) is 2.71. The fraction of sp³-hybridized carbons (Fsp3) is 0.320. The second-order valence-corrected chi connectivity index (χ2v) is 7.68. The first-order valence-electron chi connectivity index (χ1n) is 10.9. The zero-order valence-electron chi connectivity index (χ0n) is 18.1. The van der Waals surface area contributed by atoms with Crippen molar-refractivity contribution in [2.75, 3.05) is 39.5 Å². The highest BCUT2D eigenvalue weighted by Gasteiger charge is 2.10. The molecule has 0 saturated carbocycles. The molecule has 2 heterocycles. The molecule has 0 radical (unpaired) electrons. The van der Waals surface area contributed by atoms with Crippen LogP contribution in [0.5, 0.6) is 5.75 Å². The van der Waals surface area contributed by atoms with Crippen molar-refractivity contribution in [3.05, 3.63) is 78.1 Å². The summed E-state index contributed by atoms with van der Waals surface area (Å²) in [5, 5.41) is 2.92. The van der Waals surface area contributed by atoms with Crippen LogP contribution in [0.25, 0.3) is 11.4 Å². The van der Waals surface area contributed by atoms with Gasteiger partial charge in [-0.25, -0.2) is 9.97 Å². The molecular formula is C25H28N4O3. The van der Waals surface area contributed by atoms with Crippen LogP contribution in [0.4, 0.5) is 0 Å². The topological polar surface area (TPSA) is 76.6 Å². The van der Waals surface area contributed by atoms with Gasteiger partial charge in [0.05, 0.1) is 19.6 Å². The Hall–Kier alpha value is -3.29. The van der Waals surface area contributed by atoms with E-state index < -0.39 is 0 Å². The molecule has 1 aliphatic rings. The predicted molar refractivity (Wildman–Crippen MR) is 122 cm³/mol. The van der Waals surface area contributed by atoms with Crippen LogP contribution in [0, 0.1) is 0 Å². The molecule has 2 aromatic carbocycles. The fourth-order valence-corrected chi connectivity index (χ4v) is 3.46. The summed E-state index contributed by atoms with van der Waals surface area (Å²) in [5.41, 5.74) is 2.76. The molecule has 1 N–H and O–H groups in total. The summed E-state index contributed by atoms with van der Waals surface area (Å²) in [5.74, 6) is 1.40. The van der Waals surface area contributed by atoms with Crippen LogP contribution >= 0.6 is 0 Å². The van der Waals surface area contributed by atoms with Gasteiger partial charge in [-0.05, 0) is 35.4 Å². The molecule has 0 aliphatic carbocycles. The highest BCUT2D eigenvalue weighted by molar-refractivity contribution is 5.78. The molecular weight excluding hydrogens is 404 g/mol. The van der Waals surface area contributed by atoms with Gasteiger partial charge in [0.2, 0.25) is 5.91 Å². The van der Waals surface area contributed by atoms with Crippen LogP contribution in [0.3, 0.4) is 0 Å². The van der Waals surface area contributed by atoms with E-state index in [0.29, 0.717) is 19.0 Å². The van der Waals surface area contributed by atoms with E-state index in [1.165, 1.54) is 0 Å². The van der Waals surface area contributed by atoms with Crippen molar-refractivity contribution < 1.29 is 14.3 Å². The van der Waals surface area contributed by atoms with E-state index in [1.54, 1.807) is 12.4 Å². The number of aromatic nitrogens is 2. The van der Waals surface area contributed by atoms with E-state index in [9.17, 15) is 4.79 Å². The van der Waals surface area contributed by atoms with Crippen LogP contribution in [-0.2, 0) is 22.5 Å². The summed E-state index contributed by atoms with van der Waals surface area (Å²) >= 11 is 0. The normalized spacial score (nSPS) is 14.1. The molecule has 4 rings (SSSR count). The molecule has 3 aromatic rings. The number of ether oxygens (including phenoxy) is 2. The summed E-state index contributed by atoms with van der Waals surface area (Å²) in [6, 6.07) is 17.6. The van der Waals surface area contributed by atoms with E-state index in [0.717, 1.165) is 55.3 Å². The number of carbonyl (C=O) groups excluding carboxylic acids is 1. The summed E-state index contributed by atoms with van der Waals surface area (Å²) < 4.78 is 11.2. The number of morpholine rings is 1. The average molecular weight is 433 g/mol. The lowest BCUT2D eigenvalue weighted by Crippen LogP contribution is -2.38. The van der Waals surface area contributed by atoms with E-state index in [-0.39, 0.29) is 12.3 Å². The largest absolute Gasteiger partial charge is 0.492 e. The number of nitrogens with zero attached hydrogens (tertiary/aromatic N) is 3. The molecule has 0 bridgehead atoms. The van der Waals surface area contributed by atoms with E-state index >= 15 is 0 Å². The molecule has 32 heavy (non-hydrogen) atoms. The summed E-state index contributed by atoms with van der Waals surface area (Å²) in [7, 11) is 0. The molecule has 1 aliphatic heterocycles. The quantitative estimate of drug-likeness (QED) is 0.560. The minimum Gasteiger partial charge on any atom is -0.492 e. The Balaban J connectivity index is 1.23. The highest BCUT2D eigenvalue weighted by Crippen LogP contribution is 2.19. The van der Waals surface area contributed by atoms with Crippen molar-refractivity contribution in [2.24, 2.45) is 0 Å². The number of amides is 1. The Labute approximate surface area is 188 Å². The maximum absolute atomic E-state index is 12.2. The van der Waals surface area contributed by atoms with Crippen molar-refractivity contribution in [1.82, 2.24) is 20.2 Å². The first-order valence-corrected chi connectivity index (χ1v) is 10.9. The van der Waals surface area contributed by atoms with Gasteiger partial charge in [-0.2, -0.15) is 0 Å². The first-order chi connectivity index (χ1) is 15.8. The van der Waals surface area contributed by atoms with Crippen molar-refractivity contribution >= 4 is 5.91 Å². The van der Waals surface area contributed by atoms with Crippen molar-refractivity contribution in [2.45, 2.75) is 13.0 Å². The van der Waals surface area contributed by atoms with Crippen LogP contribution in [0.1, 0.15) is 11.1 Å². The van der Waals surface area contributed by atoms with Gasteiger partial charge in [-0.3, -0.25) is 9.69 Å². The summed E-state index contributed by atoms with van der Waals surface area (Å²) in [6.07, 6.45) is 3.66. The fourth-order valence-electron chi connectivity index (χ4n) is 3.46. The molecule has 0 unspecified atom stereocenters. The van der Waals surface area contributed by atoms with Gasteiger partial charge in [0.25, 0.3) is 0 Å². The number of benzene rings is 2. The van der Waals surface area contributed by atoms with Crippen LogP contribution in [0.15, 0.2) is 67.0 Å². The minimum absolute atomic E-state index is 0.0521. The molecule has 1 fully saturated rings. The molecule has 0 atom stereocenters. The Kier molecular flexibility index (Phi) is 7.79. The van der Waals surface area contributed by atoms with E-state index in [4.69, 9.17) is 9.47 Å². The molecule has 0 spiro atoms. The van der Waals surface area contributed by atoms with Crippen LogP contribution in [0.2, 0.25) is 0 Å². The second-order valence-electron chi connectivity index (χ2n) is 7.68. The standard InChI is InChI=1S/C25H28N4O3/c30-24(26-17-20-4-2-1-3-5-20)16-21-18-27-25(28-19-21)22-6-8-23(9-7-22)32-15-12-29-10-13-31-14-11-29/h1-9,18-19H,10-17H2,(H,26,30). The second kappa shape index (κ2) is 11.4. The smallest absolute Gasteiger partial charge is 0.224 e. The molecule has 1 aromatic heterocycles. The molecule has 1 amide bonds. The highest BCUT2D eigenvalue weighted by atomic mass is 16.5. The first kappa shape index (κ1) is 21.9. The maximum atomic E-state index is 12.2. The lowest BCUT2D eigenvalue weighted by Gasteiger charge is -2.26. The SMILES string of the molecule is O=C(Cc1cnc(-c2ccc(OCCN3CCOCC3)cc2)nc1)NCc1ccccc1. The molecule has 7 nitrogen and oxygen atoms in total. The minimum atomic E-state index is -0.0521. The third-order valence-electron chi connectivity index (χ3n) is 5.29. The van der Waals surface area contributed by atoms with Gasteiger partial charge in [-0.1, -0.05) is 30.3 Å². The number of hydrogen-bond donors (Lipinski definition) is 1. The van der Waals surface area contributed by atoms with E-state index in [2.05, 4.69) is 20.2 Å². The van der Waals surface area contributed by atoms with Crippen LogP contribution in [-0.4, -0.2) is 60.2 Å². The van der Waals surface area contributed by atoms with Gasteiger partial charge in [0.1, 0.15) is 12.4 Å². The Morgan fingerprint density at radius 2 is 1.69 bits per heavy atom. The Morgan fingerprint density at radius 1 is 0.969 bits per heavy atom. The number of hydrogen-bond acceptors (Lipinski definition) is 6. The van der Waals surface area contributed by atoms with E-state index in [1.807, 2.05) is 54.6 Å².